The summed E-state index contributed by atoms with van der Waals surface area (Å²) < 4.78 is 0. The molecule has 254 valence electrons. The van der Waals surface area contributed by atoms with Crippen molar-refractivity contribution in [2.24, 2.45) is 0 Å². The molecular formula is C48H54Si2. The molecular weight excluding hydrogens is 633 g/mol. The van der Waals surface area contributed by atoms with Gasteiger partial charge in [-0.2, -0.15) is 0 Å². The standard InChI is InChI=1S/C48H54Si2/c1-31-19-13-25-43(37(31)7)49(44-26-14-20-32(2)38(44)8,45-27-15-21-33(3)39(45)9)50(46-28-16-22-34(4)40(46)10,47-29-17-23-35(5)41(47)11)48-30-18-24-36(6)42(48)12/h13-30H,1-12H3. The van der Waals surface area contributed by atoms with E-state index in [1.807, 2.05) is 0 Å². The fourth-order valence-electron chi connectivity index (χ4n) is 9.03. The number of benzene rings is 6. The molecule has 0 spiro atoms. The van der Waals surface area contributed by atoms with Gasteiger partial charge in [-0.15, -0.1) is 0 Å². The first-order chi connectivity index (χ1) is 23.8. The predicted octanol–water partition coefficient (Wildman–Crippen LogP) is 8.11. The average molecular weight is 687 g/mol. The summed E-state index contributed by atoms with van der Waals surface area (Å²) in [5.41, 5.74) is 16.7. The van der Waals surface area contributed by atoms with Gasteiger partial charge in [-0.25, -0.2) is 0 Å². The number of hydrogen-bond donors (Lipinski definition) is 0. The number of hydrogen-bond acceptors (Lipinski definition) is 0. The van der Waals surface area contributed by atoms with Gasteiger partial charge in [-0.1, -0.05) is 109 Å². The first-order valence-corrected chi connectivity index (χ1v) is 23.2. The number of rotatable bonds is 7. The topological polar surface area (TPSA) is 0 Å². The van der Waals surface area contributed by atoms with Crippen LogP contribution in [0.5, 0.6) is 0 Å². The van der Waals surface area contributed by atoms with Gasteiger partial charge in [0, 0.05) is 0 Å². The van der Waals surface area contributed by atoms with Crippen molar-refractivity contribution in [1.82, 2.24) is 0 Å². The van der Waals surface area contributed by atoms with E-state index < -0.39 is 15.2 Å². The van der Waals surface area contributed by atoms with Crippen molar-refractivity contribution < 1.29 is 0 Å². The lowest BCUT2D eigenvalue weighted by atomic mass is 10.1. The van der Waals surface area contributed by atoms with E-state index in [0.717, 1.165) is 0 Å². The molecule has 0 atom stereocenters. The molecule has 0 unspecified atom stereocenters. The largest absolute Gasteiger partial charge is 0.155 e. The zero-order valence-corrected chi connectivity index (χ0v) is 34.4. The van der Waals surface area contributed by atoms with Crippen LogP contribution in [0.15, 0.2) is 109 Å². The lowest BCUT2D eigenvalue weighted by molar-refractivity contribution is 1.33. The first-order valence-electron chi connectivity index (χ1n) is 18.2. The molecule has 0 saturated carbocycles. The van der Waals surface area contributed by atoms with E-state index in [0.29, 0.717) is 0 Å². The molecule has 0 aromatic heterocycles. The van der Waals surface area contributed by atoms with E-state index in [1.165, 1.54) is 66.8 Å². The van der Waals surface area contributed by atoms with Gasteiger partial charge in [0.05, 0.1) is 0 Å². The summed E-state index contributed by atoms with van der Waals surface area (Å²) in [5, 5.41) is 9.30. The minimum atomic E-state index is -3.18. The van der Waals surface area contributed by atoms with Crippen molar-refractivity contribution >= 4 is 46.3 Å². The van der Waals surface area contributed by atoms with Crippen molar-refractivity contribution in [2.45, 2.75) is 83.1 Å². The highest BCUT2D eigenvalue weighted by atomic mass is 29.3. The second-order valence-corrected chi connectivity index (χ2v) is 25.7. The van der Waals surface area contributed by atoms with Gasteiger partial charge in [-0.05, 0) is 181 Å². The van der Waals surface area contributed by atoms with Crippen molar-refractivity contribution in [3.8, 4) is 0 Å². The van der Waals surface area contributed by atoms with Gasteiger partial charge < -0.3 is 0 Å². The van der Waals surface area contributed by atoms with Crippen LogP contribution < -0.4 is 31.1 Å². The molecule has 0 saturated heterocycles. The molecule has 0 radical (unpaired) electrons. The van der Waals surface area contributed by atoms with Gasteiger partial charge in [0.1, 0.15) is 0 Å². The Kier molecular flexibility index (Phi) is 9.58. The smallest absolute Gasteiger partial charge is 0.0621 e. The molecule has 0 aliphatic rings. The van der Waals surface area contributed by atoms with Crippen LogP contribution in [0.1, 0.15) is 66.8 Å². The van der Waals surface area contributed by atoms with E-state index in [-0.39, 0.29) is 0 Å². The fourth-order valence-corrected chi connectivity index (χ4v) is 32.0. The maximum atomic E-state index is 2.54. The Morgan fingerprint density at radius 1 is 0.220 bits per heavy atom. The Hall–Kier alpha value is -4.25. The molecule has 0 aliphatic heterocycles. The lowest BCUT2D eigenvalue weighted by Gasteiger charge is -2.53. The van der Waals surface area contributed by atoms with E-state index >= 15 is 0 Å². The molecule has 0 nitrogen and oxygen atoms in total. The van der Waals surface area contributed by atoms with E-state index in [9.17, 15) is 0 Å². The summed E-state index contributed by atoms with van der Waals surface area (Å²) >= 11 is 0. The maximum Gasteiger partial charge on any atom is 0.155 e. The third-order valence-corrected chi connectivity index (χ3v) is 30.1. The molecule has 0 aliphatic carbocycles. The Bertz CT molecular complexity index is 1840. The highest BCUT2D eigenvalue weighted by Crippen LogP contribution is 2.31. The van der Waals surface area contributed by atoms with Crippen LogP contribution in [0, 0.1) is 83.1 Å². The minimum absolute atomic E-state index is 1.36. The highest BCUT2D eigenvalue weighted by molar-refractivity contribution is 7.67. The molecule has 0 fully saturated rings. The van der Waals surface area contributed by atoms with Crippen molar-refractivity contribution in [3.63, 3.8) is 0 Å². The normalized spacial score (nSPS) is 12.0. The van der Waals surface area contributed by atoms with Gasteiger partial charge in [0.15, 0.2) is 15.2 Å². The van der Waals surface area contributed by atoms with E-state index in [4.69, 9.17) is 0 Å². The van der Waals surface area contributed by atoms with Crippen LogP contribution in [0.3, 0.4) is 0 Å². The minimum Gasteiger partial charge on any atom is -0.0621 e. The van der Waals surface area contributed by atoms with E-state index in [1.54, 1.807) is 31.1 Å². The second-order valence-electron chi connectivity index (χ2n) is 15.0. The zero-order chi connectivity index (χ0) is 36.1. The molecule has 2 heteroatoms. The quantitative estimate of drug-likeness (QED) is 0.118. The maximum absolute atomic E-state index is 3.18. The van der Waals surface area contributed by atoms with Crippen LogP contribution in [0.25, 0.3) is 0 Å². The molecule has 50 heavy (non-hydrogen) atoms. The fraction of sp³-hybridized carbons (Fsp3) is 0.250. The van der Waals surface area contributed by atoms with Crippen LogP contribution in [-0.2, 0) is 0 Å². The summed E-state index contributed by atoms with van der Waals surface area (Å²) in [5.74, 6) is 0. The van der Waals surface area contributed by atoms with Gasteiger partial charge in [0.25, 0.3) is 0 Å². The lowest BCUT2D eigenvalue weighted by Crippen LogP contribution is -2.95. The summed E-state index contributed by atoms with van der Waals surface area (Å²) in [6.07, 6.45) is 0. The molecule has 0 heterocycles. The SMILES string of the molecule is Cc1cccc([Si](c2cccc(C)c2C)(c2cccc(C)c2C)[Si](c2cccc(C)c2C)(c2cccc(C)c2C)c2cccc(C)c2C)c1C. The first kappa shape index (κ1) is 35.6. The Morgan fingerprint density at radius 3 is 0.500 bits per heavy atom. The number of aryl methyl sites for hydroxylation is 6. The average Bonchev–Trinajstić information content (AvgIpc) is 3.09. The monoisotopic (exact) mass is 686 g/mol. The van der Waals surface area contributed by atoms with Crippen LogP contribution >= 0.6 is 0 Å². The van der Waals surface area contributed by atoms with Gasteiger partial charge in [-0.3, -0.25) is 0 Å². The van der Waals surface area contributed by atoms with Crippen molar-refractivity contribution in [3.05, 3.63) is 176 Å². The van der Waals surface area contributed by atoms with Crippen molar-refractivity contribution in [1.29, 1.82) is 0 Å². The molecule has 0 bridgehead atoms. The van der Waals surface area contributed by atoms with Crippen molar-refractivity contribution in [2.75, 3.05) is 0 Å². The molecule has 0 N–H and O–H groups in total. The Balaban J connectivity index is 2.16. The third kappa shape index (κ3) is 5.14. The molecule has 6 rings (SSSR count). The van der Waals surface area contributed by atoms with Gasteiger partial charge in [0.2, 0.25) is 0 Å². The van der Waals surface area contributed by atoms with Crippen LogP contribution in [0.2, 0.25) is 0 Å². The second kappa shape index (κ2) is 13.5. The highest BCUT2D eigenvalue weighted by Gasteiger charge is 2.64. The van der Waals surface area contributed by atoms with Crippen LogP contribution in [0.4, 0.5) is 0 Å². The Morgan fingerprint density at radius 2 is 0.360 bits per heavy atom. The Labute approximate surface area is 304 Å². The molecule has 0 amide bonds. The summed E-state index contributed by atoms with van der Waals surface area (Å²) in [6.45, 7) is 28.4. The predicted molar refractivity (Wildman–Crippen MR) is 225 cm³/mol. The molecule has 6 aromatic rings. The summed E-state index contributed by atoms with van der Waals surface area (Å²) in [7, 11) is -6.36. The van der Waals surface area contributed by atoms with E-state index in [2.05, 4.69) is 192 Å². The third-order valence-electron chi connectivity index (χ3n) is 12.6. The summed E-state index contributed by atoms with van der Waals surface area (Å²) in [4.78, 5) is 0. The summed E-state index contributed by atoms with van der Waals surface area (Å²) in [6, 6.07) is 43.3. The van der Waals surface area contributed by atoms with Gasteiger partial charge >= 0.3 is 0 Å². The molecule has 6 aromatic carbocycles. The van der Waals surface area contributed by atoms with Crippen LogP contribution in [-0.4, -0.2) is 15.2 Å². The zero-order valence-electron chi connectivity index (χ0n) is 32.4.